The number of furan rings is 1. The predicted octanol–water partition coefficient (Wildman–Crippen LogP) is 2.47. The van der Waals surface area contributed by atoms with Crippen molar-refractivity contribution in [1.82, 2.24) is 9.80 Å². The molecule has 0 saturated carbocycles. The maximum atomic E-state index is 13.1. The Morgan fingerprint density at radius 2 is 2.15 bits per heavy atom. The molecule has 1 aromatic heterocycles. The van der Waals surface area contributed by atoms with Gasteiger partial charge in [0.25, 0.3) is 0 Å². The minimum absolute atomic E-state index is 0.0353. The number of amides is 1. The summed E-state index contributed by atoms with van der Waals surface area (Å²) in [5.74, 6) is 0.562. The van der Waals surface area contributed by atoms with Crippen LogP contribution in [0, 0.1) is 5.82 Å². The third-order valence-corrected chi connectivity index (χ3v) is 4.59. The van der Waals surface area contributed by atoms with Crippen molar-refractivity contribution in [2.45, 2.75) is 12.6 Å². The van der Waals surface area contributed by atoms with Crippen molar-refractivity contribution in [2.75, 3.05) is 46.5 Å². The second-order valence-corrected chi connectivity index (χ2v) is 6.53. The molecule has 0 aliphatic carbocycles. The molecule has 1 aliphatic heterocycles. The maximum Gasteiger partial charge on any atom is 0.236 e. The molecule has 0 bridgehead atoms. The molecule has 1 aromatic carbocycles. The van der Waals surface area contributed by atoms with Crippen LogP contribution in [-0.2, 0) is 20.8 Å². The Hall–Kier alpha value is -2.22. The van der Waals surface area contributed by atoms with Gasteiger partial charge in [0.2, 0.25) is 5.91 Å². The van der Waals surface area contributed by atoms with E-state index in [9.17, 15) is 9.18 Å². The first kappa shape index (κ1) is 19.5. The molecule has 2 aromatic rings. The smallest absolute Gasteiger partial charge is 0.236 e. The Balaban J connectivity index is 1.59. The van der Waals surface area contributed by atoms with Gasteiger partial charge in [-0.2, -0.15) is 0 Å². The number of carbonyl (C=O) groups is 1. The number of carbonyl (C=O) groups excluding carboxylic acids is 1. The van der Waals surface area contributed by atoms with Gasteiger partial charge in [-0.1, -0.05) is 12.1 Å². The van der Waals surface area contributed by atoms with Gasteiger partial charge >= 0.3 is 0 Å². The Kier molecular flexibility index (Phi) is 6.98. The first-order chi connectivity index (χ1) is 13.2. The van der Waals surface area contributed by atoms with E-state index in [-0.39, 0.29) is 24.4 Å². The lowest BCUT2D eigenvalue weighted by Gasteiger charge is -2.34. The van der Waals surface area contributed by atoms with E-state index in [2.05, 4.69) is 0 Å². The van der Waals surface area contributed by atoms with Crippen molar-refractivity contribution < 1.29 is 23.1 Å². The van der Waals surface area contributed by atoms with Gasteiger partial charge in [0.05, 0.1) is 39.1 Å². The summed E-state index contributed by atoms with van der Waals surface area (Å²) in [7, 11) is 1.64. The molecule has 0 N–H and O–H groups in total. The molecule has 1 atom stereocenters. The van der Waals surface area contributed by atoms with Crippen molar-refractivity contribution in [1.29, 1.82) is 0 Å². The number of nitrogens with zero attached hydrogens (tertiary/aromatic N) is 2. The molecule has 0 spiro atoms. The van der Waals surface area contributed by atoms with Crippen molar-refractivity contribution in [2.24, 2.45) is 0 Å². The summed E-state index contributed by atoms with van der Waals surface area (Å²) in [6.45, 7) is 3.47. The SMILES string of the molecule is COCCN(CC(=O)N1CCOC(c2ccc(F)cc2)C1)Cc1ccco1. The standard InChI is InChI=1S/C20H25FN2O4/c1-25-11-8-22(13-18-3-2-10-26-18)15-20(24)23-9-12-27-19(14-23)16-4-6-17(21)7-5-16/h2-7,10,19H,8-9,11-15H2,1H3. The van der Waals surface area contributed by atoms with Gasteiger partial charge < -0.3 is 18.8 Å². The summed E-state index contributed by atoms with van der Waals surface area (Å²) in [6, 6.07) is 9.96. The Bertz CT molecular complexity index is 705. The fourth-order valence-electron chi connectivity index (χ4n) is 3.10. The Morgan fingerprint density at radius 3 is 2.85 bits per heavy atom. The number of benzene rings is 1. The van der Waals surface area contributed by atoms with Crippen LogP contribution in [0.5, 0.6) is 0 Å². The number of hydrogen-bond acceptors (Lipinski definition) is 5. The lowest BCUT2D eigenvalue weighted by Crippen LogP contribution is -2.47. The van der Waals surface area contributed by atoms with Crippen LogP contribution in [0.4, 0.5) is 4.39 Å². The Labute approximate surface area is 158 Å². The summed E-state index contributed by atoms with van der Waals surface area (Å²) in [5, 5.41) is 0. The molecular formula is C20H25FN2O4. The molecule has 3 rings (SSSR count). The number of halogens is 1. The molecule has 146 valence electrons. The second kappa shape index (κ2) is 9.64. The van der Waals surface area contributed by atoms with Crippen molar-refractivity contribution in [3.8, 4) is 0 Å². The van der Waals surface area contributed by atoms with Crippen LogP contribution in [0.25, 0.3) is 0 Å². The van der Waals surface area contributed by atoms with Crippen LogP contribution in [0.2, 0.25) is 0 Å². The number of methoxy groups -OCH3 is 1. The van der Waals surface area contributed by atoms with Crippen LogP contribution in [0.1, 0.15) is 17.4 Å². The van der Waals surface area contributed by atoms with Crippen molar-refractivity contribution in [3.05, 3.63) is 59.8 Å². The van der Waals surface area contributed by atoms with E-state index < -0.39 is 0 Å². The first-order valence-electron chi connectivity index (χ1n) is 9.04. The first-order valence-corrected chi connectivity index (χ1v) is 9.04. The average Bonchev–Trinajstić information content (AvgIpc) is 3.20. The van der Waals surface area contributed by atoms with Gasteiger partial charge in [-0.15, -0.1) is 0 Å². The largest absolute Gasteiger partial charge is 0.468 e. The molecule has 1 unspecified atom stereocenters. The van der Waals surface area contributed by atoms with Gasteiger partial charge in [-0.25, -0.2) is 4.39 Å². The molecule has 0 radical (unpaired) electrons. The average molecular weight is 376 g/mol. The third kappa shape index (κ3) is 5.63. The van der Waals surface area contributed by atoms with Gasteiger partial charge in [0.1, 0.15) is 17.7 Å². The van der Waals surface area contributed by atoms with Crippen LogP contribution in [-0.4, -0.2) is 62.2 Å². The summed E-state index contributed by atoms with van der Waals surface area (Å²) >= 11 is 0. The van der Waals surface area contributed by atoms with E-state index in [0.717, 1.165) is 11.3 Å². The molecule has 6 nitrogen and oxygen atoms in total. The minimum atomic E-state index is -0.283. The van der Waals surface area contributed by atoms with Crippen molar-refractivity contribution in [3.63, 3.8) is 0 Å². The fraction of sp³-hybridized carbons (Fsp3) is 0.450. The molecule has 1 fully saturated rings. The quantitative estimate of drug-likeness (QED) is 0.708. The zero-order chi connectivity index (χ0) is 19.1. The van der Waals surface area contributed by atoms with E-state index in [4.69, 9.17) is 13.9 Å². The van der Waals surface area contributed by atoms with E-state index in [1.54, 1.807) is 30.4 Å². The third-order valence-electron chi connectivity index (χ3n) is 4.59. The summed E-state index contributed by atoms with van der Waals surface area (Å²) in [5.41, 5.74) is 0.876. The molecular weight excluding hydrogens is 351 g/mol. The molecule has 1 aliphatic rings. The van der Waals surface area contributed by atoms with Gasteiger partial charge in [-0.05, 0) is 29.8 Å². The van der Waals surface area contributed by atoms with Gasteiger partial charge in [0.15, 0.2) is 0 Å². The predicted molar refractivity (Wildman–Crippen MR) is 97.5 cm³/mol. The molecule has 1 saturated heterocycles. The van der Waals surface area contributed by atoms with E-state index in [1.165, 1.54) is 12.1 Å². The zero-order valence-corrected chi connectivity index (χ0v) is 15.5. The summed E-state index contributed by atoms with van der Waals surface area (Å²) < 4.78 is 29.5. The number of rotatable bonds is 8. The molecule has 1 amide bonds. The molecule has 2 heterocycles. The summed E-state index contributed by atoms with van der Waals surface area (Å²) in [4.78, 5) is 16.6. The highest BCUT2D eigenvalue weighted by atomic mass is 19.1. The maximum absolute atomic E-state index is 13.1. The highest BCUT2D eigenvalue weighted by Gasteiger charge is 2.26. The van der Waals surface area contributed by atoms with Crippen LogP contribution >= 0.6 is 0 Å². The fourth-order valence-corrected chi connectivity index (χ4v) is 3.10. The van der Waals surface area contributed by atoms with Crippen LogP contribution < -0.4 is 0 Å². The zero-order valence-electron chi connectivity index (χ0n) is 15.5. The van der Waals surface area contributed by atoms with E-state index in [1.807, 2.05) is 17.0 Å². The van der Waals surface area contributed by atoms with Gasteiger partial charge in [-0.3, -0.25) is 9.69 Å². The number of morpholine rings is 1. The number of ether oxygens (including phenoxy) is 2. The van der Waals surface area contributed by atoms with Gasteiger partial charge in [0, 0.05) is 20.2 Å². The normalized spacial score (nSPS) is 17.4. The Morgan fingerprint density at radius 1 is 1.33 bits per heavy atom. The highest BCUT2D eigenvalue weighted by molar-refractivity contribution is 5.78. The minimum Gasteiger partial charge on any atom is -0.468 e. The molecule has 7 heteroatoms. The topological polar surface area (TPSA) is 55.2 Å². The highest BCUT2D eigenvalue weighted by Crippen LogP contribution is 2.22. The van der Waals surface area contributed by atoms with E-state index >= 15 is 0 Å². The monoisotopic (exact) mass is 376 g/mol. The van der Waals surface area contributed by atoms with Crippen LogP contribution in [0.15, 0.2) is 47.1 Å². The van der Waals surface area contributed by atoms with Crippen molar-refractivity contribution >= 4 is 5.91 Å². The van der Waals surface area contributed by atoms with E-state index in [0.29, 0.717) is 39.4 Å². The molecule has 27 heavy (non-hydrogen) atoms. The summed E-state index contributed by atoms with van der Waals surface area (Å²) in [6.07, 6.45) is 1.39. The second-order valence-electron chi connectivity index (χ2n) is 6.53. The van der Waals surface area contributed by atoms with Crippen LogP contribution in [0.3, 0.4) is 0 Å². The number of hydrogen-bond donors (Lipinski definition) is 0. The lowest BCUT2D eigenvalue weighted by molar-refractivity contribution is -0.140. The lowest BCUT2D eigenvalue weighted by atomic mass is 10.1.